The number of carbonyl (C=O) groups is 5. The zero-order chi connectivity index (χ0) is 38.7. The Balaban J connectivity index is 1.14. The molecule has 0 bridgehead atoms. The van der Waals surface area contributed by atoms with E-state index in [2.05, 4.69) is 10.2 Å². The minimum atomic E-state index is -2.25. The molecule has 3 fully saturated rings. The van der Waals surface area contributed by atoms with Crippen molar-refractivity contribution in [3.05, 3.63) is 63.7 Å². The molecule has 1 aromatic carbocycles. The first-order valence-electron chi connectivity index (χ1n) is 17.6. The summed E-state index contributed by atoms with van der Waals surface area (Å²) >= 11 is 0. The van der Waals surface area contributed by atoms with Crippen molar-refractivity contribution in [2.75, 3.05) is 19.8 Å². The van der Waals surface area contributed by atoms with Gasteiger partial charge >= 0.3 is 12.1 Å². The molecule has 0 aliphatic heterocycles. The van der Waals surface area contributed by atoms with Crippen LogP contribution < -0.4 is 10.1 Å². The standard InChI is InChI=1S/C37H44F2N2O12/c1-21(42)40-30(33(46)50-14-4-5-15-52-41(48)49)16-22-6-8-24(9-7-22)53-34(47)51-20-31(44)26-11-10-25-27-18-29(38)28-17-23(43)12-13-36(28,3)37(27,39)32(45)19-35(25,26)2/h6-9,12-13,17,25-27,29-30,32,45H,4-5,10-11,14-16,18-20H2,1-3H3,(H,40,42)/t25?,26?,27?,29-,30?,32?,35?,36?,37-/m0/s1. The maximum atomic E-state index is 17.3. The summed E-state index contributed by atoms with van der Waals surface area (Å²) < 4.78 is 48.4. The Morgan fingerprint density at radius 1 is 1.08 bits per heavy atom. The van der Waals surface area contributed by atoms with Crippen LogP contribution in [0.5, 0.6) is 5.75 Å². The fraction of sp³-hybridized carbons (Fsp3) is 0.595. The van der Waals surface area contributed by atoms with Gasteiger partial charge in [0.05, 0.1) is 19.3 Å². The molecule has 0 radical (unpaired) electrons. The average molecular weight is 747 g/mol. The number of amides is 1. The molecule has 7 unspecified atom stereocenters. The molecule has 4 aliphatic carbocycles. The number of alkyl halides is 2. The third-order valence-electron chi connectivity index (χ3n) is 11.6. The number of ketones is 2. The minimum absolute atomic E-state index is 0.0294. The van der Waals surface area contributed by atoms with Crippen LogP contribution in [0.15, 0.2) is 48.1 Å². The van der Waals surface area contributed by atoms with Crippen molar-refractivity contribution in [2.45, 2.75) is 89.7 Å². The number of hydrogen-bond acceptors (Lipinski definition) is 12. The summed E-state index contributed by atoms with van der Waals surface area (Å²) in [6.07, 6.45) is 0.548. The molecule has 0 heterocycles. The van der Waals surface area contributed by atoms with E-state index in [1.807, 2.05) is 0 Å². The smallest absolute Gasteiger partial charge is 0.464 e. The number of rotatable bonds is 14. The second kappa shape index (κ2) is 15.7. The zero-order valence-electron chi connectivity index (χ0n) is 29.7. The molecule has 14 nitrogen and oxygen atoms in total. The summed E-state index contributed by atoms with van der Waals surface area (Å²) in [6.45, 7) is 3.75. The minimum Gasteiger partial charge on any atom is -0.464 e. The first-order chi connectivity index (χ1) is 25.0. The lowest BCUT2D eigenvalue weighted by molar-refractivity contribution is -0.757. The number of aliphatic hydroxyl groups excluding tert-OH is 1. The van der Waals surface area contributed by atoms with Gasteiger partial charge in [0.2, 0.25) is 5.91 Å². The van der Waals surface area contributed by atoms with Crippen LogP contribution in [-0.4, -0.2) is 83.6 Å². The van der Waals surface area contributed by atoms with E-state index in [-0.39, 0.29) is 50.2 Å². The number of Topliss-reactive ketones (excluding diaryl/α,β-unsaturated/α-hetero) is 1. The number of nitrogens with zero attached hydrogens (tertiary/aromatic N) is 1. The lowest BCUT2D eigenvalue weighted by Crippen LogP contribution is -2.68. The van der Waals surface area contributed by atoms with E-state index in [1.54, 1.807) is 19.1 Å². The summed E-state index contributed by atoms with van der Waals surface area (Å²) in [5.74, 6) is -3.99. The lowest BCUT2D eigenvalue weighted by atomic mass is 9.45. The molecular weight excluding hydrogens is 702 g/mol. The van der Waals surface area contributed by atoms with Crippen LogP contribution in [-0.2, 0) is 39.9 Å². The SMILES string of the molecule is CC(=O)NC(Cc1ccc(OC(=O)OCC(=O)C2CCC3C4C[C@H](F)C5=CC(=O)C=CC5(C)[C@@]4(F)C(O)CC23C)cc1)C(=O)OCCCCO[N+](=O)[O-]. The Hall–Kier alpha value is -4.73. The van der Waals surface area contributed by atoms with Gasteiger partial charge < -0.3 is 29.5 Å². The van der Waals surface area contributed by atoms with E-state index < -0.39 is 93.9 Å². The average Bonchev–Trinajstić information content (AvgIpc) is 3.43. The molecule has 9 atom stereocenters. The second-order valence-electron chi connectivity index (χ2n) is 14.7. The number of fused-ring (bicyclic) bond motifs is 5. The molecule has 288 valence electrons. The highest BCUT2D eigenvalue weighted by Gasteiger charge is 2.72. The van der Waals surface area contributed by atoms with Gasteiger partial charge in [-0.15, -0.1) is 10.1 Å². The molecule has 5 rings (SSSR count). The van der Waals surface area contributed by atoms with Crippen molar-refractivity contribution < 1.29 is 62.0 Å². The van der Waals surface area contributed by atoms with E-state index in [1.165, 1.54) is 38.1 Å². The molecule has 2 N–H and O–H groups in total. The number of esters is 1. The number of benzene rings is 1. The molecular formula is C37H44F2N2O12. The van der Waals surface area contributed by atoms with E-state index in [0.717, 1.165) is 6.08 Å². The largest absolute Gasteiger partial charge is 0.514 e. The Labute approximate surface area is 304 Å². The van der Waals surface area contributed by atoms with Crippen molar-refractivity contribution in [3.8, 4) is 5.75 Å². The number of nitrogens with one attached hydrogen (secondary N) is 1. The molecule has 1 aromatic rings. The quantitative estimate of drug-likeness (QED) is 0.0902. The van der Waals surface area contributed by atoms with E-state index in [9.17, 15) is 39.2 Å². The van der Waals surface area contributed by atoms with Crippen molar-refractivity contribution in [3.63, 3.8) is 0 Å². The predicted molar refractivity (Wildman–Crippen MR) is 180 cm³/mol. The Morgan fingerprint density at radius 3 is 2.45 bits per heavy atom. The Morgan fingerprint density at radius 2 is 1.77 bits per heavy atom. The van der Waals surface area contributed by atoms with Crippen molar-refractivity contribution >= 4 is 29.6 Å². The van der Waals surface area contributed by atoms with Gasteiger partial charge in [-0.1, -0.05) is 25.1 Å². The maximum Gasteiger partial charge on any atom is 0.514 e. The van der Waals surface area contributed by atoms with E-state index in [0.29, 0.717) is 24.8 Å². The number of carbonyl (C=O) groups excluding carboxylic acids is 5. The van der Waals surface area contributed by atoms with Crippen molar-refractivity contribution in [1.29, 1.82) is 0 Å². The second-order valence-corrected chi connectivity index (χ2v) is 14.7. The third kappa shape index (κ3) is 7.97. The molecule has 1 amide bonds. The number of allylic oxidation sites excluding steroid dienone is 4. The van der Waals surface area contributed by atoms with Crippen molar-refractivity contribution in [2.24, 2.45) is 28.6 Å². The fourth-order valence-corrected chi connectivity index (χ4v) is 9.07. The summed E-state index contributed by atoms with van der Waals surface area (Å²) in [5, 5.41) is 23.2. The maximum absolute atomic E-state index is 17.3. The topological polar surface area (TPSA) is 198 Å². The molecule has 4 aliphatic rings. The summed E-state index contributed by atoms with van der Waals surface area (Å²) in [5.41, 5.74) is -4.04. The van der Waals surface area contributed by atoms with Crippen LogP contribution in [0, 0.1) is 38.7 Å². The van der Waals surface area contributed by atoms with E-state index in [4.69, 9.17) is 14.2 Å². The Bertz CT molecular complexity index is 1680. The van der Waals surface area contributed by atoms with Crippen LogP contribution in [0.25, 0.3) is 0 Å². The van der Waals surface area contributed by atoms with Gasteiger partial charge in [-0.05, 0) is 92.2 Å². The van der Waals surface area contributed by atoms with Gasteiger partial charge in [0.15, 0.2) is 23.8 Å². The number of ether oxygens (including phenoxy) is 3. The highest BCUT2D eigenvalue weighted by molar-refractivity contribution is 6.01. The van der Waals surface area contributed by atoms with Crippen LogP contribution in [0.3, 0.4) is 0 Å². The molecule has 0 aromatic heterocycles. The normalized spacial score (nSPS) is 31.8. The van der Waals surface area contributed by atoms with Crippen LogP contribution in [0.4, 0.5) is 13.6 Å². The molecule has 0 saturated heterocycles. The molecule has 3 saturated carbocycles. The number of hydrogen-bond donors (Lipinski definition) is 2. The van der Waals surface area contributed by atoms with Gasteiger partial charge in [-0.3, -0.25) is 14.4 Å². The highest BCUT2D eigenvalue weighted by Crippen LogP contribution is 2.69. The van der Waals surface area contributed by atoms with Gasteiger partial charge in [0.1, 0.15) is 18.0 Å². The molecule has 0 spiro atoms. The van der Waals surface area contributed by atoms with Gasteiger partial charge in [0, 0.05) is 30.6 Å². The van der Waals surface area contributed by atoms with Crippen molar-refractivity contribution in [1.82, 2.24) is 5.32 Å². The van der Waals surface area contributed by atoms with Gasteiger partial charge in [-0.2, -0.15) is 0 Å². The highest BCUT2D eigenvalue weighted by atomic mass is 19.1. The lowest BCUT2D eigenvalue weighted by Gasteiger charge is -2.62. The number of aliphatic hydroxyl groups is 1. The molecule has 16 heteroatoms. The summed E-state index contributed by atoms with van der Waals surface area (Å²) in [4.78, 5) is 76.8. The van der Waals surface area contributed by atoms with Crippen LogP contribution in [0.1, 0.15) is 64.9 Å². The van der Waals surface area contributed by atoms with Crippen LogP contribution >= 0.6 is 0 Å². The number of unbranched alkanes of at least 4 members (excludes halogenated alkanes) is 1. The fourth-order valence-electron chi connectivity index (χ4n) is 9.07. The summed E-state index contributed by atoms with van der Waals surface area (Å²) in [7, 11) is 0. The molecule has 53 heavy (non-hydrogen) atoms. The van der Waals surface area contributed by atoms with Gasteiger partial charge in [-0.25, -0.2) is 18.4 Å². The first kappa shape index (κ1) is 39.5. The first-order valence-corrected chi connectivity index (χ1v) is 17.6. The predicted octanol–water partition coefficient (Wildman–Crippen LogP) is 4.29. The Kier molecular flexibility index (Phi) is 11.7. The van der Waals surface area contributed by atoms with E-state index >= 15 is 8.78 Å². The van der Waals surface area contributed by atoms with Crippen LogP contribution in [0.2, 0.25) is 0 Å². The summed E-state index contributed by atoms with van der Waals surface area (Å²) in [6, 6.07) is 4.94. The monoisotopic (exact) mass is 746 g/mol. The zero-order valence-corrected chi connectivity index (χ0v) is 29.7. The number of halogens is 2. The van der Waals surface area contributed by atoms with Gasteiger partial charge in [0.25, 0.3) is 5.09 Å². The third-order valence-corrected chi connectivity index (χ3v) is 11.6.